The van der Waals surface area contributed by atoms with Crippen molar-refractivity contribution in [1.82, 2.24) is 5.32 Å². The van der Waals surface area contributed by atoms with E-state index in [2.05, 4.69) is 29.6 Å². The van der Waals surface area contributed by atoms with Crippen LogP contribution in [0.3, 0.4) is 0 Å². The van der Waals surface area contributed by atoms with Crippen molar-refractivity contribution in [3.8, 4) is 0 Å². The van der Waals surface area contributed by atoms with Crippen molar-refractivity contribution in [2.45, 2.75) is 25.9 Å². The minimum atomic E-state index is 0.769. The monoisotopic (exact) mass is 229 g/mol. The van der Waals surface area contributed by atoms with E-state index in [1.165, 1.54) is 24.0 Å². The molecule has 1 saturated heterocycles. The predicted molar refractivity (Wildman–Crippen MR) is 69.7 cm³/mol. The topological polar surface area (TPSA) is 21.3 Å². The SMILES string of the molecule is c1ccc2c(c1)COCCC2=C1CCNCC1. The van der Waals surface area contributed by atoms with Crippen molar-refractivity contribution in [1.29, 1.82) is 0 Å². The number of piperidine rings is 1. The Labute approximate surface area is 103 Å². The minimum absolute atomic E-state index is 0.769. The molecule has 2 heteroatoms. The molecule has 2 nitrogen and oxygen atoms in total. The molecule has 0 spiro atoms. The van der Waals surface area contributed by atoms with Crippen LogP contribution in [-0.4, -0.2) is 19.7 Å². The third kappa shape index (κ3) is 2.28. The van der Waals surface area contributed by atoms with Gasteiger partial charge >= 0.3 is 0 Å². The molecule has 3 rings (SSSR count). The molecule has 90 valence electrons. The summed E-state index contributed by atoms with van der Waals surface area (Å²) in [6.45, 7) is 3.88. The van der Waals surface area contributed by atoms with Crippen LogP contribution < -0.4 is 5.32 Å². The Balaban J connectivity index is 2.04. The molecule has 0 aromatic heterocycles. The third-order valence-corrected chi connectivity index (χ3v) is 3.73. The van der Waals surface area contributed by atoms with Crippen LogP contribution in [-0.2, 0) is 11.3 Å². The van der Waals surface area contributed by atoms with E-state index in [0.717, 1.165) is 32.7 Å². The molecule has 0 radical (unpaired) electrons. The largest absolute Gasteiger partial charge is 0.376 e. The summed E-state index contributed by atoms with van der Waals surface area (Å²) >= 11 is 0. The first kappa shape index (κ1) is 11.0. The van der Waals surface area contributed by atoms with Gasteiger partial charge < -0.3 is 10.1 Å². The molecular weight excluding hydrogens is 210 g/mol. The molecule has 0 bridgehead atoms. The Morgan fingerprint density at radius 3 is 2.71 bits per heavy atom. The van der Waals surface area contributed by atoms with Crippen LogP contribution in [0.1, 0.15) is 30.4 Å². The van der Waals surface area contributed by atoms with Crippen LogP contribution in [0.25, 0.3) is 5.57 Å². The van der Waals surface area contributed by atoms with E-state index in [9.17, 15) is 0 Å². The first-order valence-corrected chi connectivity index (χ1v) is 6.53. The van der Waals surface area contributed by atoms with E-state index in [1.807, 2.05) is 0 Å². The van der Waals surface area contributed by atoms with Crippen molar-refractivity contribution in [3.05, 3.63) is 41.0 Å². The van der Waals surface area contributed by atoms with E-state index in [1.54, 1.807) is 11.1 Å². The molecule has 2 heterocycles. The molecule has 0 amide bonds. The minimum Gasteiger partial charge on any atom is -0.376 e. The summed E-state index contributed by atoms with van der Waals surface area (Å²) in [7, 11) is 0. The number of fused-ring (bicyclic) bond motifs is 1. The van der Waals surface area contributed by atoms with Crippen molar-refractivity contribution < 1.29 is 4.74 Å². The number of benzene rings is 1. The molecule has 17 heavy (non-hydrogen) atoms. The van der Waals surface area contributed by atoms with Crippen molar-refractivity contribution in [2.24, 2.45) is 0 Å². The molecular formula is C15H19NO. The lowest BCUT2D eigenvalue weighted by molar-refractivity contribution is 0.129. The summed E-state index contributed by atoms with van der Waals surface area (Å²) < 4.78 is 5.69. The summed E-state index contributed by atoms with van der Waals surface area (Å²) in [4.78, 5) is 0. The van der Waals surface area contributed by atoms with Gasteiger partial charge in [-0.1, -0.05) is 29.8 Å². The van der Waals surface area contributed by atoms with Gasteiger partial charge in [0, 0.05) is 0 Å². The quantitative estimate of drug-likeness (QED) is 0.738. The lowest BCUT2D eigenvalue weighted by Crippen LogP contribution is -2.23. The number of rotatable bonds is 0. The van der Waals surface area contributed by atoms with E-state index in [-0.39, 0.29) is 0 Å². The Bertz CT molecular complexity index is 428. The molecule has 1 aromatic carbocycles. The van der Waals surface area contributed by atoms with Crippen LogP contribution in [0, 0.1) is 0 Å². The number of nitrogens with one attached hydrogen (secondary N) is 1. The fraction of sp³-hybridized carbons (Fsp3) is 0.467. The normalized spacial score (nSPS) is 20.9. The Hall–Kier alpha value is -1.12. The van der Waals surface area contributed by atoms with Crippen LogP contribution in [0.2, 0.25) is 0 Å². The first-order chi connectivity index (χ1) is 8.45. The second-order valence-corrected chi connectivity index (χ2v) is 4.79. The zero-order chi connectivity index (χ0) is 11.5. The number of hydrogen-bond donors (Lipinski definition) is 1. The molecule has 0 aliphatic carbocycles. The summed E-state index contributed by atoms with van der Waals surface area (Å²) in [5.41, 5.74) is 5.98. The van der Waals surface area contributed by atoms with E-state index in [4.69, 9.17) is 4.74 Å². The van der Waals surface area contributed by atoms with Gasteiger partial charge in [-0.05, 0) is 49.1 Å². The van der Waals surface area contributed by atoms with Gasteiger partial charge in [0.15, 0.2) is 0 Å². The maximum atomic E-state index is 5.69. The number of ether oxygens (including phenoxy) is 1. The Morgan fingerprint density at radius 2 is 1.82 bits per heavy atom. The molecule has 0 atom stereocenters. The van der Waals surface area contributed by atoms with Crippen molar-refractivity contribution in [2.75, 3.05) is 19.7 Å². The van der Waals surface area contributed by atoms with Gasteiger partial charge in [-0.25, -0.2) is 0 Å². The van der Waals surface area contributed by atoms with Crippen molar-refractivity contribution in [3.63, 3.8) is 0 Å². The Kier molecular flexibility index (Phi) is 3.25. The molecule has 1 aromatic rings. The highest BCUT2D eigenvalue weighted by molar-refractivity contribution is 5.71. The molecule has 2 aliphatic rings. The van der Waals surface area contributed by atoms with E-state index >= 15 is 0 Å². The van der Waals surface area contributed by atoms with Gasteiger partial charge in [-0.2, -0.15) is 0 Å². The summed E-state index contributed by atoms with van der Waals surface area (Å²) in [6, 6.07) is 8.71. The second-order valence-electron chi connectivity index (χ2n) is 4.79. The molecule has 1 fully saturated rings. The smallest absolute Gasteiger partial charge is 0.0722 e. The maximum Gasteiger partial charge on any atom is 0.0722 e. The molecule has 2 aliphatic heterocycles. The highest BCUT2D eigenvalue weighted by Gasteiger charge is 2.17. The zero-order valence-electron chi connectivity index (χ0n) is 10.2. The first-order valence-electron chi connectivity index (χ1n) is 6.53. The predicted octanol–water partition coefficient (Wildman–Crippen LogP) is 2.74. The van der Waals surface area contributed by atoms with Gasteiger partial charge in [-0.15, -0.1) is 0 Å². The highest BCUT2D eigenvalue weighted by Crippen LogP contribution is 2.32. The van der Waals surface area contributed by atoms with Crippen LogP contribution >= 0.6 is 0 Å². The maximum absolute atomic E-state index is 5.69. The van der Waals surface area contributed by atoms with Crippen LogP contribution in [0.5, 0.6) is 0 Å². The van der Waals surface area contributed by atoms with E-state index in [0.29, 0.717) is 0 Å². The van der Waals surface area contributed by atoms with Crippen molar-refractivity contribution >= 4 is 5.57 Å². The lowest BCUT2D eigenvalue weighted by atomic mass is 9.90. The van der Waals surface area contributed by atoms with Crippen LogP contribution in [0.15, 0.2) is 29.8 Å². The van der Waals surface area contributed by atoms with Gasteiger partial charge in [0.05, 0.1) is 13.2 Å². The molecule has 0 saturated carbocycles. The third-order valence-electron chi connectivity index (χ3n) is 3.73. The summed E-state index contributed by atoms with van der Waals surface area (Å²) in [5, 5.41) is 3.43. The molecule has 1 N–H and O–H groups in total. The average molecular weight is 229 g/mol. The standard InChI is InChI=1S/C15H19NO/c1-2-4-14-13(3-1)11-17-10-7-15(14)12-5-8-16-9-6-12/h1-4,16H,5-11H2. The van der Waals surface area contributed by atoms with Gasteiger partial charge in [0.2, 0.25) is 0 Å². The van der Waals surface area contributed by atoms with E-state index < -0.39 is 0 Å². The number of hydrogen-bond acceptors (Lipinski definition) is 2. The fourth-order valence-electron chi connectivity index (χ4n) is 2.83. The second kappa shape index (κ2) is 5.03. The fourth-order valence-corrected chi connectivity index (χ4v) is 2.83. The van der Waals surface area contributed by atoms with Gasteiger partial charge in [-0.3, -0.25) is 0 Å². The summed E-state index contributed by atoms with van der Waals surface area (Å²) in [6.07, 6.45) is 3.47. The van der Waals surface area contributed by atoms with Gasteiger partial charge in [0.1, 0.15) is 0 Å². The van der Waals surface area contributed by atoms with Gasteiger partial charge in [0.25, 0.3) is 0 Å². The zero-order valence-corrected chi connectivity index (χ0v) is 10.2. The Morgan fingerprint density at radius 1 is 1.00 bits per heavy atom. The van der Waals surface area contributed by atoms with Crippen LogP contribution in [0.4, 0.5) is 0 Å². The highest BCUT2D eigenvalue weighted by atomic mass is 16.5. The lowest BCUT2D eigenvalue weighted by Gasteiger charge is -2.20. The average Bonchev–Trinajstić information content (AvgIpc) is 2.62. The molecule has 0 unspecified atom stereocenters. The summed E-state index contributed by atoms with van der Waals surface area (Å²) in [5.74, 6) is 0.